The molecule has 0 aromatic rings. The molecule has 0 amide bonds. The van der Waals surface area contributed by atoms with Crippen LogP contribution < -0.4 is 5.32 Å². The van der Waals surface area contributed by atoms with Gasteiger partial charge >= 0.3 is 0 Å². The third kappa shape index (κ3) is 3.16. The molecule has 0 spiro atoms. The second-order valence-corrected chi connectivity index (χ2v) is 5.49. The highest BCUT2D eigenvalue weighted by Crippen LogP contribution is 2.29. The predicted octanol–water partition coefficient (Wildman–Crippen LogP) is 1.49. The average molecular weight is 214 g/mol. The number of ether oxygens (including phenoxy) is 1. The fraction of sp³-hybridized carbons (Fsp3) is 1.00. The molecular formula is C12H26N2O. The first-order chi connectivity index (χ1) is 6.93. The highest BCUT2D eigenvalue weighted by Gasteiger charge is 2.41. The van der Waals surface area contributed by atoms with E-state index in [0.29, 0.717) is 0 Å². The first-order valence-corrected chi connectivity index (χ1v) is 5.97. The van der Waals surface area contributed by atoms with Gasteiger partial charge in [-0.05, 0) is 41.2 Å². The molecule has 90 valence electrons. The second-order valence-electron chi connectivity index (χ2n) is 5.49. The number of likely N-dealkylation sites (N-methyl/N-ethyl adjacent to an activating group) is 1. The number of likely N-dealkylation sites (tertiary alicyclic amines) is 1. The standard InChI is InChI=1S/C12H26N2O/c1-6-15-12(9-13-5)7-8-14(10-12)11(2,3)4/h13H,6-10H2,1-5H3. The van der Waals surface area contributed by atoms with Crippen molar-refractivity contribution >= 4 is 0 Å². The molecule has 1 aliphatic heterocycles. The van der Waals surface area contributed by atoms with Gasteiger partial charge < -0.3 is 10.1 Å². The molecule has 1 rings (SSSR count). The highest BCUT2D eigenvalue weighted by atomic mass is 16.5. The van der Waals surface area contributed by atoms with Crippen LogP contribution in [0.2, 0.25) is 0 Å². The van der Waals surface area contributed by atoms with Crippen LogP contribution in [0, 0.1) is 0 Å². The zero-order valence-corrected chi connectivity index (χ0v) is 10.9. The third-order valence-electron chi connectivity index (χ3n) is 3.21. The number of rotatable bonds is 4. The molecule has 1 unspecified atom stereocenters. The Morgan fingerprint density at radius 2 is 2.07 bits per heavy atom. The van der Waals surface area contributed by atoms with Gasteiger partial charge in [0.1, 0.15) is 0 Å². The van der Waals surface area contributed by atoms with Crippen LogP contribution in [0.5, 0.6) is 0 Å². The number of nitrogens with one attached hydrogen (secondary N) is 1. The lowest BCUT2D eigenvalue weighted by Crippen LogP contribution is -2.48. The van der Waals surface area contributed by atoms with Crippen LogP contribution in [-0.4, -0.2) is 49.3 Å². The molecule has 1 N–H and O–H groups in total. The highest BCUT2D eigenvalue weighted by molar-refractivity contribution is 4.97. The van der Waals surface area contributed by atoms with Crippen molar-refractivity contribution in [2.75, 3.05) is 33.3 Å². The SMILES string of the molecule is CCOC1(CNC)CCN(C(C)(C)C)C1. The molecule has 1 saturated heterocycles. The van der Waals surface area contributed by atoms with Crippen molar-refractivity contribution in [3.63, 3.8) is 0 Å². The number of hydrogen-bond donors (Lipinski definition) is 1. The maximum atomic E-state index is 5.95. The topological polar surface area (TPSA) is 24.5 Å². The van der Waals surface area contributed by atoms with Crippen molar-refractivity contribution in [3.05, 3.63) is 0 Å². The normalized spacial score (nSPS) is 28.6. The summed E-state index contributed by atoms with van der Waals surface area (Å²) >= 11 is 0. The van der Waals surface area contributed by atoms with Gasteiger partial charge in [0.25, 0.3) is 0 Å². The fourth-order valence-corrected chi connectivity index (χ4v) is 2.36. The molecule has 1 fully saturated rings. The summed E-state index contributed by atoms with van der Waals surface area (Å²) in [5, 5.41) is 3.26. The first-order valence-electron chi connectivity index (χ1n) is 5.97. The van der Waals surface area contributed by atoms with Gasteiger partial charge in [-0.1, -0.05) is 0 Å². The predicted molar refractivity (Wildman–Crippen MR) is 64.2 cm³/mol. The minimum Gasteiger partial charge on any atom is -0.373 e. The lowest BCUT2D eigenvalue weighted by atomic mass is 10.0. The molecule has 15 heavy (non-hydrogen) atoms. The quantitative estimate of drug-likeness (QED) is 0.767. The molecule has 0 bridgehead atoms. The second kappa shape index (κ2) is 4.81. The van der Waals surface area contributed by atoms with E-state index < -0.39 is 0 Å². The monoisotopic (exact) mass is 214 g/mol. The van der Waals surface area contributed by atoms with Crippen molar-refractivity contribution in [2.24, 2.45) is 0 Å². The maximum Gasteiger partial charge on any atom is 0.0944 e. The Hall–Kier alpha value is -0.120. The van der Waals surface area contributed by atoms with Gasteiger partial charge in [-0.15, -0.1) is 0 Å². The molecule has 0 aromatic carbocycles. The molecule has 0 aliphatic carbocycles. The summed E-state index contributed by atoms with van der Waals surface area (Å²) in [5.41, 5.74) is 0.295. The van der Waals surface area contributed by atoms with Crippen LogP contribution in [0.3, 0.4) is 0 Å². The number of nitrogens with zero attached hydrogens (tertiary/aromatic N) is 1. The van der Waals surface area contributed by atoms with E-state index in [9.17, 15) is 0 Å². The molecule has 0 aromatic heterocycles. The van der Waals surface area contributed by atoms with Crippen molar-refractivity contribution < 1.29 is 4.74 Å². The Balaban J connectivity index is 2.63. The molecule has 0 saturated carbocycles. The lowest BCUT2D eigenvalue weighted by molar-refractivity contribution is -0.0342. The van der Waals surface area contributed by atoms with Crippen molar-refractivity contribution in [1.82, 2.24) is 10.2 Å². The average Bonchev–Trinajstić information content (AvgIpc) is 2.50. The van der Waals surface area contributed by atoms with Crippen LogP contribution in [0.15, 0.2) is 0 Å². The van der Waals surface area contributed by atoms with Gasteiger partial charge in [-0.2, -0.15) is 0 Å². The Kier molecular flexibility index (Phi) is 4.15. The Morgan fingerprint density at radius 3 is 2.47 bits per heavy atom. The van der Waals surface area contributed by atoms with E-state index in [4.69, 9.17) is 4.74 Å². The van der Waals surface area contributed by atoms with E-state index in [1.807, 2.05) is 7.05 Å². The molecule has 0 radical (unpaired) electrons. The lowest BCUT2D eigenvalue weighted by Gasteiger charge is -2.35. The van der Waals surface area contributed by atoms with Crippen LogP contribution in [0.1, 0.15) is 34.1 Å². The minimum absolute atomic E-state index is 0.0385. The molecular weight excluding hydrogens is 188 g/mol. The van der Waals surface area contributed by atoms with E-state index in [2.05, 4.69) is 37.9 Å². The summed E-state index contributed by atoms with van der Waals surface area (Å²) < 4.78 is 5.95. The van der Waals surface area contributed by atoms with E-state index in [1.165, 1.54) is 0 Å². The van der Waals surface area contributed by atoms with Crippen LogP contribution in [0.25, 0.3) is 0 Å². The van der Waals surface area contributed by atoms with Gasteiger partial charge in [0, 0.05) is 31.8 Å². The maximum absolute atomic E-state index is 5.95. The zero-order chi connectivity index (χ0) is 11.5. The molecule has 3 nitrogen and oxygen atoms in total. The molecule has 1 heterocycles. The summed E-state index contributed by atoms with van der Waals surface area (Å²) in [6, 6.07) is 0. The molecule has 3 heteroatoms. The van der Waals surface area contributed by atoms with Crippen LogP contribution in [-0.2, 0) is 4.74 Å². The van der Waals surface area contributed by atoms with Gasteiger partial charge in [-0.25, -0.2) is 0 Å². The summed E-state index contributed by atoms with van der Waals surface area (Å²) in [5.74, 6) is 0. The van der Waals surface area contributed by atoms with E-state index in [-0.39, 0.29) is 11.1 Å². The van der Waals surface area contributed by atoms with E-state index in [0.717, 1.165) is 32.7 Å². The summed E-state index contributed by atoms with van der Waals surface area (Å²) in [6.45, 7) is 12.8. The Labute approximate surface area is 94.2 Å². The Morgan fingerprint density at radius 1 is 1.40 bits per heavy atom. The van der Waals surface area contributed by atoms with Crippen molar-refractivity contribution in [3.8, 4) is 0 Å². The summed E-state index contributed by atoms with van der Waals surface area (Å²) in [4.78, 5) is 2.51. The van der Waals surface area contributed by atoms with E-state index in [1.54, 1.807) is 0 Å². The van der Waals surface area contributed by atoms with Gasteiger partial charge in [0.2, 0.25) is 0 Å². The summed E-state index contributed by atoms with van der Waals surface area (Å²) in [7, 11) is 2.00. The minimum atomic E-state index is 0.0385. The Bertz CT molecular complexity index is 192. The van der Waals surface area contributed by atoms with Crippen molar-refractivity contribution in [1.29, 1.82) is 0 Å². The number of hydrogen-bond acceptors (Lipinski definition) is 3. The molecule has 1 aliphatic rings. The van der Waals surface area contributed by atoms with Gasteiger partial charge in [-0.3, -0.25) is 4.90 Å². The van der Waals surface area contributed by atoms with E-state index >= 15 is 0 Å². The fourth-order valence-electron chi connectivity index (χ4n) is 2.36. The third-order valence-corrected chi connectivity index (χ3v) is 3.21. The zero-order valence-electron chi connectivity index (χ0n) is 10.9. The van der Waals surface area contributed by atoms with Crippen LogP contribution >= 0.6 is 0 Å². The smallest absolute Gasteiger partial charge is 0.0944 e. The van der Waals surface area contributed by atoms with Crippen molar-refractivity contribution in [2.45, 2.75) is 45.3 Å². The van der Waals surface area contributed by atoms with Crippen LogP contribution in [0.4, 0.5) is 0 Å². The van der Waals surface area contributed by atoms with Gasteiger partial charge in [0.05, 0.1) is 5.60 Å². The summed E-state index contributed by atoms with van der Waals surface area (Å²) in [6.07, 6.45) is 1.14. The largest absolute Gasteiger partial charge is 0.373 e. The molecule has 1 atom stereocenters. The first kappa shape index (κ1) is 12.9. The van der Waals surface area contributed by atoms with Gasteiger partial charge in [0.15, 0.2) is 0 Å².